The first-order chi connectivity index (χ1) is 18.1. The summed E-state index contributed by atoms with van der Waals surface area (Å²) in [5.74, 6) is -4.35. The number of carboxylic acid groups (broad SMARTS) is 1. The minimum absolute atomic E-state index is 0.0351. The lowest BCUT2D eigenvalue weighted by Gasteiger charge is -2.24. The second-order valence-corrected chi connectivity index (χ2v) is 8.89. The van der Waals surface area contributed by atoms with Gasteiger partial charge in [-0.05, 0) is 54.6 Å². The normalized spacial score (nSPS) is 12.0. The van der Waals surface area contributed by atoms with Gasteiger partial charge < -0.3 is 29.4 Å². The van der Waals surface area contributed by atoms with E-state index in [0.717, 1.165) is 0 Å². The van der Waals surface area contributed by atoms with E-state index in [2.05, 4.69) is 21.2 Å². The van der Waals surface area contributed by atoms with Gasteiger partial charge in [0, 0.05) is 4.47 Å². The standard InChI is InChI=1S/C26H21BrClNO9/c1-35-17-7-3-5-14(11-17)25(33)37-21(23(30)29-20-10-9-16(27)13-19(20)28)22(24(31)32)38-26(34)15-6-4-8-18(12-15)36-2/h3-13,21-22H,1-2H3,(H,29,30)(H,31,32)/t21-,22+/m1/s1. The fourth-order valence-corrected chi connectivity index (χ4v) is 3.88. The van der Waals surface area contributed by atoms with Crippen LogP contribution in [0.3, 0.4) is 0 Å². The van der Waals surface area contributed by atoms with Crippen molar-refractivity contribution in [2.75, 3.05) is 19.5 Å². The highest BCUT2D eigenvalue weighted by atomic mass is 79.9. The monoisotopic (exact) mass is 605 g/mol. The number of carbonyl (C=O) groups is 4. The molecule has 3 aromatic rings. The molecule has 0 aromatic heterocycles. The maximum Gasteiger partial charge on any atom is 0.349 e. The predicted molar refractivity (Wildman–Crippen MR) is 140 cm³/mol. The summed E-state index contributed by atoms with van der Waals surface area (Å²) in [5, 5.41) is 12.4. The van der Waals surface area contributed by atoms with Crippen LogP contribution >= 0.6 is 27.5 Å². The Morgan fingerprint density at radius 2 is 1.34 bits per heavy atom. The van der Waals surface area contributed by atoms with Crippen molar-refractivity contribution in [2.24, 2.45) is 0 Å². The topological polar surface area (TPSA) is 137 Å². The molecule has 0 heterocycles. The Kier molecular flexibility index (Phi) is 9.69. The van der Waals surface area contributed by atoms with E-state index < -0.39 is 36.0 Å². The number of carbonyl (C=O) groups excluding carboxylic acids is 3. The first-order valence-corrected chi connectivity index (χ1v) is 12.0. The van der Waals surface area contributed by atoms with Gasteiger partial charge in [0.25, 0.3) is 5.91 Å². The first-order valence-electron chi connectivity index (χ1n) is 10.8. The van der Waals surface area contributed by atoms with Crippen LogP contribution in [0.5, 0.6) is 11.5 Å². The number of anilines is 1. The number of hydrogen-bond donors (Lipinski definition) is 2. The molecule has 3 rings (SSSR count). The van der Waals surface area contributed by atoms with Gasteiger partial charge in [0.05, 0.1) is 36.1 Å². The van der Waals surface area contributed by atoms with Gasteiger partial charge in [-0.3, -0.25) is 4.79 Å². The molecule has 0 aliphatic rings. The minimum atomic E-state index is -2.22. The molecule has 0 aliphatic heterocycles. The van der Waals surface area contributed by atoms with Crippen LogP contribution in [0.2, 0.25) is 5.02 Å². The maximum atomic E-state index is 13.2. The Morgan fingerprint density at radius 3 is 1.82 bits per heavy atom. The van der Waals surface area contributed by atoms with Gasteiger partial charge >= 0.3 is 17.9 Å². The summed E-state index contributed by atoms with van der Waals surface area (Å²) in [7, 11) is 2.78. The molecule has 0 aliphatic carbocycles. The summed E-state index contributed by atoms with van der Waals surface area (Å²) in [4.78, 5) is 51.1. The fraction of sp³-hybridized carbons (Fsp3) is 0.154. The van der Waals surface area contributed by atoms with Gasteiger partial charge in [0.1, 0.15) is 11.5 Å². The summed E-state index contributed by atoms with van der Waals surface area (Å²) in [6.45, 7) is 0. The van der Waals surface area contributed by atoms with Gasteiger partial charge in [-0.15, -0.1) is 0 Å². The predicted octanol–water partition coefficient (Wildman–Crippen LogP) is 4.59. The molecule has 0 unspecified atom stereocenters. The molecule has 3 aromatic carbocycles. The lowest BCUT2D eigenvalue weighted by molar-refractivity contribution is -0.157. The SMILES string of the molecule is COc1cccc(C(=O)O[C@H](C(=O)O)[C@@H](OC(=O)c2cccc(OC)c2)C(=O)Nc2ccc(Br)cc2Cl)c1. The molecule has 0 saturated carbocycles. The lowest BCUT2D eigenvalue weighted by Crippen LogP contribution is -2.48. The number of ether oxygens (including phenoxy) is 4. The minimum Gasteiger partial charge on any atom is -0.497 e. The van der Waals surface area contributed by atoms with E-state index in [4.69, 9.17) is 30.5 Å². The van der Waals surface area contributed by atoms with E-state index in [-0.39, 0.29) is 21.8 Å². The lowest BCUT2D eigenvalue weighted by atomic mass is 10.1. The number of benzene rings is 3. The van der Waals surface area contributed by atoms with E-state index >= 15 is 0 Å². The van der Waals surface area contributed by atoms with Crippen LogP contribution < -0.4 is 14.8 Å². The molecule has 10 nitrogen and oxygen atoms in total. The Hall–Kier alpha value is -4.09. The average Bonchev–Trinajstić information content (AvgIpc) is 2.91. The molecule has 0 bridgehead atoms. The molecule has 0 fully saturated rings. The van der Waals surface area contributed by atoms with Crippen LogP contribution in [0.25, 0.3) is 0 Å². The number of methoxy groups -OCH3 is 2. The van der Waals surface area contributed by atoms with E-state index in [1.807, 2.05) is 0 Å². The van der Waals surface area contributed by atoms with Gasteiger partial charge in [-0.25, -0.2) is 14.4 Å². The van der Waals surface area contributed by atoms with E-state index in [9.17, 15) is 24.3 Å². The highest BCUT2D eigenvalue weighted by molar-refractivity contribution is 9.10. The Morgan fingerprint density at radius 1 is 0.816 bits per heavy atom. The number of hydrogen-bond acceptors (Lipinski definition) is 8. The Balaban J connectivity index is 1.95. The zero-order valence-electron chi connectivity index (χ0n) is 20.0. The van der Waals surface area contributed by atoms with Crippen molar-refractivity contribution in [3.8, 4) is 11.5 Å². The molecule has 1 amide bonds. The van der Waals surface area contributed by atoms with Crippen molar-refractivity contribution in [1.82, 2.24) is 0 Å². The third-order valence-electron chi connectivity index (χ3n) is 5.04. The van der Waals surface area contributed by atoms with Crippen LogP contribution in [0.15, 0.2) is 71.2 Å². The van der Waals surface area contributed by atoms with E-state index in [1.165, 1.54) is 62.8 Å². The number of amides is 1. The van der Waals surface area contributed by atoms with Crippen LogP contribution in [0.4, 0.5) is 5.69 Å². The molecule has 198 valence electrons. The summed E-state index contributed by atoms with van der Waals surface area (Å²) in [6.07, 6.45) is -4.34. The molecular weight excluding hydrogens is 586 g/mol. The highest BCUT2D eigenvalue weighted by Gasteiger charge is 2.41. The van der Waals surface area contributed by atoms with Gasteiger partial charge in [-0.1, -0.05) is 39.7 Å². The summed E-state index contributed by atoms with van der Waals surface area (Å²) in [5.41, 5.74) is 0.0162. The maximum absolute atomic E-state index is 13.2. The zero-order valence-corrected chi connectivity index (χ0v) is 22.3. The summed E-state index contributed by atoms with van der Waals surface area (Å²) in [6, 6.07) is 16.1. The molecule has 12 heteroatoms. The van der Waals surface area contributed by atoms with Crippen LogP contribution in [-0.4, -0.2) is 55.3 Å². The first kappa shape index (κ1) is 28.5. The van der Waals surface area contributed by atoms with Crippen molar-refractivity contribution in [3.63, 3.8) is 0 Å². The van der Waals surface area contributed by atoms with Crippen molar-refractivity contribution >= 4 is 57.0 Å². The third kappa shape index (κ3) is 7.24. The molecule has 0 saturated heterocycles. The van der Waals surface area contributed by atoms with Crippen molar-refractivity contribution in [1.29, 1.82) is 0 Å². The second-order valence-electron chi connectivity index (χ2n) is 7.57. The average molecular weight is 607 g/mol. The second kappa shape index (κ2) is 12.9. The van der Waals surface area contributed by atoms with Crippen molar-refractivity contribution in [2.45, 2.75) is 12.2 Å². The van der Waals surface area contributed by atoms with Gasteiger partial charge in [-0.2, -0.15) is 0 Å². The largest absolute Gasteiger partial charge is 0.497 e. The number of halogens is 2. The quantitative estimate of drug-likeness (QED) is 0.317. The zero-order chi connectivity index (χ0) is 27.8. The summed E-state index contributed by atoms with van der Waals surface area (Å²) >= 11 is 9.41. The van der Waals surface area contributed by atoms with Crippen LogP contribution in [-0.2, 0) is 19.1 Å². The van der Waals surface area contributed by atoms with Crippen LogP contribution in [0.1, 0.15) is 20.7 Å². The molecule has 2 N–H and O–H groups in total. The molecule has 0 spiro atoms. The van der Waals surface area contributed by atoms with Gasteiger partial charge in [0.2, 0.25) is 12.2 Å². The number of rotatable bonds is 10. The highest BCUT2D eigenvalue weighted by Crippen LogP contribution is 2.27. The van der Waals surface area contributed by atoms with Crippen LogP contribution in [0, 0.1) is 0 Å². The number of nitrogens with one attached hydrogen (secondary N) is 1. The van der Waals surface area contributed by atoms with Crippen molar-refractivity contribution < 1.29 is 43.2 Å². The number of esters is 2. The van der Waals surface area contributed by atoms with E-state index in [0.29, 0.717) is 16.0 Å². The third-order valence-corrected chi connectivity index (χ3v) is 5.85. The van der Waals surface area contributed by atoms with Crippen molar-refractivity contribution in [3.05, 3.63) is 87.4 Å². The molecule has 2 atom stereocenters. The molecular formula is C26H21BrClNO9. The number of carboxylic acids is 1. The number of aliphatic carboxylic acids is 1. The van der Waals surface area contributed by atoms with E-state index in [1.54, 1.807) is 18.2 Å². The molecule has 0 radical (unpaired) electrons. The Bertz CT molecular complexity index is 1360. The molecule has 38 heavy (non-hydrogen) atoms. The van der Waals surface area contributed by atoms with Gasteiger partial charge in [0.15, 0.2) is 0 Å². The Labute approximate surface area is 230 Å². The fourth-order valence-electron chi connectivity index (χ4n) is 3.16. The summed E-state index contributed by atoms with van der Waals surface area (Å²) < 4.78 is 21.2. The smallest absolute Gasteiger partial charge is 0.349 e.